The van der Waals surface area contributed by atoms with Crippen LogP contribution in [-0.2, 0) is 4.84 Å². The van der Waals surface area contributed by atoms with Gasteiger partial charge < -0.3 is 20.8 Å². The van der Waals surface area contributed by atoms with Gasteiger partial charge in [-0.25, -0.2) is 9.38 Å². The number of alkyl halides is 1. The zero-order valence-corrected chi connectivity index (χ0v) is 13.3. The molecule has 0 amide bonds. The van der Waals surface area contributed by atoms with Gasteiger partial charge in [0.15, 0.2) is 0 Å². The molecule has 0 radical (unpaired) electrons. The van der Waals surface area contributed by atoms with E-state index < -0.39 is 6.17 Å². The molecule has 0 aliphatic carbocycles. The Bertz CT molecular complexity index is 500. The van der Waals surface area contributed by atoms with Crippen molar-refractivity contribution in [1.29, 1.82) is 0 Å². The summed E-state index contributed by atoms with van der Waals surface area (Å²) >= 11 is 0. The van der Waals surface area contributed by atoms with Crippen LogP contribution in [0, 0.1) is 0 Å². The molecule has 0 bridgehead atoms. The van der Waals surface area contributed by atoms with E-state index in [1.54, 1.807) is 19.5 Å². The van der Waals surface area contributed by atoms with Gasteiger partial charge in [-0.3, -0.25) is 0 Å². The van der Waals surface area contributed by atoms with Crippen molar-refractivity contribution in [3.05, 3.63) is 23.2 Å². The van der Waals surface area contributed by atoms with Gasteiger partial charge in [0.1, 0.15) is 17.8 Å². The van der Waals surface area contributed by atoms with Crippen LogP contribution >= 0.6 is 0 Å². The summed E-state index contributed by atoms with van der Waals surface area (Å²) in [5.74, 6) is 1.41. The Morgan fingerprint density at radius 1 is 1.59 bits per heavy atom. The van der Waals surface area contributed by atoms with Crippen LogP contribution < -0.4 is 16.0 Å². The molecule has 0 spiro atoms. The van der Waals surface area contributed by atoms with Crippen molar-refractivity contribution in [3.8, 4) is 0 Å². The fraction of sp³-hybridized carbons (Fsp3) is 0.600. The van der Waals surface area contributed by atoms with E-state index in [0.717, 1.165) is 24.4 Å². The third-order valence-electron chi connectivity index (χ3n) is 3.72. The second kappa shape index (κ2) is 7.93. The standard InChI is InChI=1S/C15H24FN5O/c1-4-20-22-10(2)7-14-11(3)15(19-9-18-14)21-13-5-6-17-8-12(13)16/h4,7,9,12-14,17,21H,5-6,8H2,1-3H3,(H,18,19)/b10-7+,20-4+/t12-,13?,14?/m1/s1. The number of rotatable bonds is 5. The molecule has 0 aromatic carbocycles. The largest absolute Gasteiger partial charge is 0.366 e. The Balaban J connectivity index is 2.06. The van der Waals surface area contributed by atoms with E-state index in [4.69, 9.17) is 4.84 Å². The van der Waals surface area contributed by atoms with E-state index in [2.05, 4.69) is 26.1 Å². The topological polar surface area (TPSA) is 70.0 Å². The smallest absolute Gasteiger partial charge is 0.133 e. The molecule has 6 nitrogen and oxygen atoms in total. The van der Waals surface area contributed by atoms with E-state index in [0.29, 0.717) is 12.3 Å². The first-order valence-electron chi connectivity index (χ1n) is 7.56. The Morgan fingerprint density at radius 3 is 3.14 bits per heavy atom. The summed E-state index contributed by atoms with van der Waals surface area (Å²) in [4.78, 5) is 9.48. The van der Waals surface area contributed by atoms with Crippen molar-refractivity contribution >= 4 is 12.6 Å². The van der Waals surface area contributed by atoms with Crippen molar-refractivity contribution in [2.75, 3.05) is 13.1 Å². The molecule has 3 N–H and O–H groups in total. The minimum absolute atomic E-state index is 0.0492. The maximum atomic E-state index is 13.9. The van der Waals surface area contributed by atoms with Crippen LogP contribution in [0.1, 0.15) is 27.2 Å². The molecular weight excluding hydrogens is 285 g/mol. The molecule has 0 aromatic heterocycles. The summed E-state index contributed by atoms with van der Waals surface area (Å²) in [7, 11) is 0. The van der Waals surface area contributed by atoms with Crippen molar-refractivity contribution in [3.63, 3.8) is 0 Å². The van der Waals surface area contributed by atoms with Crippen LogP contribution in [0.5, 0.6) is 0 Å². The summed E-state index contributed by atoms with van der Waals surface area (Å²) in [6.45, 7) is 6.80. The lowest BCUT2D eigenvalue weighted by molar-refractivity contribution is 0.211. The summed E-state index contributed by atoms with van der Waals surface area (Å²) in [6, 6.07) is -0.250. The number of aliphatic imine (C=N–C) groups is 1. The Hall–Kier alpha value is -1.89. The van der Waals surface area contributed by atoms with Crippen LogP contribution in [0.25, 0.3) is 0 Å². The molecule has 3 atom stereocenters. The SMILES string of the molecule is C/C=N/O/C(C)=C/C1NC=NC(NC2CCNC[C@H]2F)=C1C. The molecule has 7 heteroatoms. The van der Waals surface area contributed by atoms with Gasteiger partial charge in [0.25, 0.3) is 0 Å². The third kappa shape index (κ3) is 4.30. The molecule has 0 aromatic rings. The van der Waals surface area contributed by atoms with Crippen LogP contribution in [0.3, 0.4) is 0 Å². The highest BCUT2D eigenvalue weighted by Gasteiger charge is 2.26. The van der Waals surface area contributed by atoms with Gasteiger partial charge in [-0.05, 0) is 45.4 Å². The van der Waals surface area contributed by atoms with Gasteiger partial charge in [0, 0.05) is 12.8 Å². The minimum atomic E-state index is -0.905. The van der Waals surface area contributed by atoms with E-state index in [9.17, 15) is 4.39 Å². The molecular formula is C15H24FN5O. The zero-order chi connectivity index (χ0) is 15.9. The average Bonchev–Trinajstić information content (AvgIpc) is 2.51. The normalized spacial score (nSPS) is 29.6. The maximum absolute atomic E-state index is 13.9. The van der Waals surface area contributed by atoms with Crippen molar-refractivity contribution < 1.29 is 9.23 Å². The molecule has 122 valence electrons. The lowest BCUT2D eigenvalue weighted by atomic mass is 10.0. The summed E-state index contributed by atoms with van der Waals surface area (Å²) < 4.78 is 13.9. The number of halogens is 1. The second-order valence-corrected chi connectivity index (χ2v) is 5.43. The van der Waals surface area contributed by atoms with Gasteiger partial charge in [0.05, 0.1) is 18.4 Å². The van der Waals surface area contributed by atoms with E-state index in [1.807, 2.05) is 19.9 Å². The third-order valence-corrected chi connectivity index (χ3v) is 3.72. The maximum Gasteiger partial charge on any atom is 0.133 e. The highest BCUT2D eigenvalue weighted by molar-refractivity contribution is 5.61. The number of hydrogen-bond acceptors (Lipinski definition) is 6. The molecule has 1 saturated heterocycles. The van der Waals surface area contributed by atoms with Crippen LogP contribution in [0.2, 0.25) is 0 Å². The number of nitrogens with one attached hydrogen (secondary N) is 3. The fourth-order valence-electron chi connectivity index (χ4n) is 2.44. The summed E-state index contributed by atoms with van der Waals surface area (Å²) in [6.07, 6.45) is 4.97. The summed E-state index contributed by atoms with van der Waals surface area (Å²) in [5.41, 5.74) is 0.997. The first-order chi connectivity index (χ1) is 10.6. The molecule has 0 saturated carbocycles. The van der Waals surface area contributed by atoms with Gasteiger partial charge in [0.2, 0.25) is 0 Å². The Morgan fingerprint density at radius 2 is 2.41 bits per heavy atom. The molecule has 2 unspecified atom stereocenters. The van der Waals surface area contributed by atoms with Crippen LogP contribution in [0.4, 0.5) is 4.39 Å². The van der Waals surface area contributed by atoms with Gasteiger partial charge in [-0.1, -0.05) is 5.16 Å². The van der Waals surface area contributed by atoms with Gasteiger partial charge >= 0.3 is 0 Å². The Labute approximate surface area is 130 Å². The zero-order valence-electron chi connectivity index (χ0n) is 13.3. The van der Waals surface area contributed by atoms with E-state index in [-0.39, 0.29) is 12.1 Å². The average molecular weight is 309 g/mol. The lowest BCUT2D eigenvalue weighted by Crippen LogP contribution is -2.49. The molecule has 22 heavy (non-hydrogen) atoms. The molecule has 2 rings (SSSR count). The highest BCUT2D eigenvalue weighted by atomic mass is 19.1. The number of hydrogen-bond donors (Lipinski definition) is 3. The fourth-order valence-corrected chi connectivity index (χ4v) is 2.44. The number of piperidine rings is 1. The van der Waals surface area contributed by atoms with Crippen molar-refractivity contribution in [2.45, 2.75) is 45.4 Å². The van der Waals surface area contributed by atoms with E-state index in [1.165, 1.54) is 0 Å². The first kappa shape index (κ1) is 16.5. The highest BCUT2D eigenvalue weighted by Crippen LogP contribution is 2.17. The van der Waals surface area contributed by atoms with Crippen LogP contribution in [0.15, 0.2) is 33.4 Å². The first-order valence-corrected chi connectivity index (χ1v) is 7.56. The van der Waals surface area contributed by atoms with E-state index >= 15 is 0 Å². The number of oxime groups is 1. The molecule has 2 aliphatic heterocycles. The second-order valence-electron chi connectivity index (χ2n) is 5.43. The summed E-state index contributed by atoms with van der Waals surface area (Å²) in [5, 5.41) is 13.2. The van der Waals surface area contributed by atoms with Crippen LogP contribution in [-0.4, -0.2) is 43.9 Å². The minimum Gasteiger partial charge on any atom is -0.366 e. The number of allylic oxidation sites excluding steroid dienone is 1. The number of nitrogens with zero attached hydrogens (tertiary/aromatic N) is 2. The van der Waals surface area contributed by atoms with Gasteiger partial charge in [-0.2, -0.15) is 0 Å². The van der Waals surface area contributed by atoms with Crippen molar-refractivity contribution in [2.24, 2.45) is 10.1 Å². The molecule has 1 fully saturated rings. The molecule has 2 heterocycles. The predicted molar refractivity (Wildman–Crippen MR) is 86.4 cm³/mol. The monoisotopic (exact) mass is 309 g/mol. The quantitative estimate of drug-likeness (QED) is 0.408. The predicted octanol–water partition coefficient (Wildman–Crippen LogP) is 1.43. The molecule has 2 aliphatic rings. The van der Waals surface area contributed by atoms with Crippen molar-refractivity contribution in [1.82, 2.24) is 16.0 Å². The Kier molecular flexibility index (Phi) is 5.94. The van der Waals surface area contributed by atoms with Gasteiger partial charge in [-0.15, -0.1) is 0 Å². The lowest BCUT2D eigenvalue weighted by Gasteiger charge is -2.30.